The quantitative estimate of drug-likeness (QED) is 0.841. The second kappa shape index (κ2) is 6.20. The molecule has 2 aromatic rings. The van der Waals surface area contributed by atoms with E-state index in [1.807, 2.05) is 12.1 Å². The van der Waals surface area contributed by atoms with Crippen molar-refractivity contribution in [2.75, 3.05) is 12.3 Å². The van der Waals surface area contributed by atoms with Crippen LogP contribution in [0.25, 0.3) is 0 Å². The van der Waals surface area contributed by atoms with Gasteiger partial charge in [0.1, 0.15) is 0 Å². The second-order valence-electron chi connectivity index (χ2n) is 4.08. The van der Waals surface area contributed by atoms with E-state index >= 15 is 0 Å². The minimum atomic E-state index is -0.221. The summed E-state index contributed by atoms with van der Waals surface area (Å²) in [7, 11) is 0. The predicted octanol–water partition coefficient (Wildman–Crippen LogP) is 2.29. The zero-order valence-electron chi connectivity index (χ0n) is 10.3. The molecule has 1 aromatic carbocycles. The van der Waals surface area contributed by atoms with E-state index in [-0.39, 0.29) is 5.91 Å². The van der Waals surface area contributed by atoms with Crippen LogP contribution in [0, 0.1) is 0 Å². The molecule has 0 atom stereocenters. The number of hydrogen-bond acceptors (Lipinski definition) is 3. The fraction of sp³-hybridized carbons (Fsp3) is 0.143. The van der Waals surface area contributed by atoms with Gasteiger partial charge in [0.2, 0.25) is 0 Å². The zero-order valence-corrected chi connectivity index (χ0v) is 11.0. The smallest absolute Gasteiger partial charge is 0.252 e. The third-order valence-electron chi connectivity index (χ3n) is 2.70. The van der Waals surface area contributed by atoms with E-state index in [2.05, 4.69) is 10.3 Å². The van der Waals surface area contributed by atoms with Crippen molar-refractivity contribution < 1.29 is 4.79 Å². The van der Waals surface area contributed by atoms with Crippen LogP contribution in [0.1, 0.15) is 15.9 Å². The van der Waals surface area contributed by atoms with Crippen molar-refractivity contribution in [1.29, 1.82) is 0 Å². The van der Waals surface area contributed by atoms with Crippen LogP contribution in [0.3, 0.4) is 0 Å². The van der Waals surface area contributed by atoms with Crippen molar-refractivity contribution in [3.8, 4) is 0 Å². The summed E-state index contributed by atoms with van der Waals surface area (Å²) >= 11 is 5.99. The summed E-state index contributed by atoms with van der Waals surface area (Å²) in [4.78, 5) is 16.0. The van der Waals surface area contributed by atoms with E-state index in [1.54, 1.807) is 30.6 Å². The number of carbonyl (C=O) groups excluding carboxylic acids is 1. The van der Waals surface area contributed by atoms with E-state index in [0.717, 1.165) is 12.0 Å². The molecule has 5 heteroatoms. The van der Waals surface area contributed by atoms with Crippen molar-refractivity contribution in [3.05, 3.63) is 58.9 Å². The molecule has 1 amide bonds. The molecule has 0 fully saturated rings. The van der Waals surface area contributed by atoms with Gasteiger partial charge in [0.15, 0.2) is 0 Å². The van der Waals surface area contributed by atoms with Crippen molar-refractivity contribution in [2.24, 2.45) is 0 Å². The molecule has 1 heterocycles. The first kappa shape index (κ1) is 13.4. The summed E-state index contributed by atoms with van der Waals surface area (Å²) in [5.74, 6) is -0.221. The molecule has 4 nitrogen and oxygen atoms in total. The molecule has 0 aliphatic rings. The van der Waals surface area contributed by atoms with Gasteiger partial charge in [0, 0.05) is 18.9 Å². The summed E-state index contributed by atoms with van der Waals surface area (Å²) in [5.41, 5.74) is 7.53. The third-order valence-corrected chi connectivity index (χ3v) is 3.12. The fourth-order valence-corrected chi connectivity index (χ4v) is 1.90. The molecule has 0 spiro atoms. The van der Waals surface area contributed by atoms with Crippen LogP contribution in [-0.4, -0.2) is 17.4 Å². The van der Waals surface area contributed by atoms with Gasteiger partial charge in [-0.25, -0.2) is 0 Å². The lowest BCUT2D eigenvalue weighted by molar-refractivity contribution is 0.0954. The number of carbonyl (C=O) groups is 1. The van der Waals surface area contributed by atoms with Gasteiger partial charge < -0.3 is 11.1 Å². The van der Waals surface area contributed by atoms with Crippen molar-refractivity contribution in [3.63, 3.8) is 0 Å². The Hall–Kier alpha value is -2.07. The number of benzene rings is 1. The van der Waals surface area contributed by atoms with Crippen molar-refractivity contribution in [1.82, 2.24) is 10.3 Å². The largest absolute Gasteiger partial charge is 0.398 e. The summed E-state index contributed by atoms with van der Waals surface area (Å²) in [6.45, 7) is 0.523. The third kappa shape index (κ3) is 3.45. The van der Waals surface area contributed by atoms with Crippen LogP contribution >= 0.6 is 11.6 Å². The number of pyridine rings is 1. The minimum absolute atomic E-state index is 0.221. The molecule has 19 heavy (non-hydrogen) atoms. The molecule has 0 saturated heterocycles. The SMILES string of the molecule is Nc1cccc(C(=O)NCCc2cccnc2)c1Cl. The van der Waals surface area contributed by atoms with E-state index in [4.69, 9.17) is 17.3 Å². The molecule has 1 aromatic heterocycles. The minimum Gasteiger partial charge on any atom is -0.398 e. The molecule has 0 saturated carbocycles. The van der Waals surface area contributed by atoms with Crippen LogP contribution in [0.2, 0.25) is 5.02 Å². The highest BCUT2D eigenvalue weighted by Gasteiger charge is 2.11. The van der Waals surface area contributed by atoms with Gasteiger partial charge in [-0.2, -0.15) is 0 Å². The molecular formula is C14H14ClN3O. The van der Waals surface area contributed by atoms with Gasteiger partial charge >= 0.3 is 0 Å². The summed E-state index contributed by atoms with van der Waals surface area (Å²) in [5, 5.41) is 3.10. The van der Waals surface area contributed by atoms with Gasteiger partial charge in [-0.05, 0) is 30.2 Å². The first-order valence-electron chi connectivity index (χ1n) is 5.89. The second-order valence-corrected chi connectivity index (χ2v) is 4.45. The highest BCUT2D eigenvalue weighted by Crippen LogP contribution is 2.22. The van der Waals surface area contributed by atoms with Crippen LogP contribution in [0.4, 0.5) is 5.69 Å². The Morgan fingerprint density at radius 1 is 1.32 bits per heavy atom. The number of nitrogen functional groups attached to an aromatic ring is 1. The van der Waals surface area contributed by atoms with E-state index in [0.29, 0.717) is 22.8 Å². The maximum atomic E-state index is 11.9. The van der Waals surface area contributed by atoms with Crippen LogP contribution in [0.15, 0.2) is 42.7 Å². The Bertz CT molecular complexity index is 572. The number of nitrogens with two attached hydrogens (primary N) is 1. The lowest BCUT2D eigenvalue weighted by Gasteiger charge is -2.08. The van der Waals surface area contributed by atoms with E-state index in [9.17, 15) is 4.79 Å². The van der Waals surface area contributed by atoms with Crippen LogP contribution < -0.4 is 11.1 Å². The van der Waals surface area contributed by atoms with Crippen molar-refractivity contribution in [2.45, 2.75) is 6.42 Å². The number of nitrogens with zero attached hydrogens (tertiary/aromatic N) is 1. The number of amides is 1. The lowest BCUT2D eigenvalue weighted by Crippen LogP contribution is -2.26. The Kier molecular flexibility index (Phi) is 4.36. The number of anilines is 1. The summed E-state index contributed by atoms with van der Waals surface area (Å²) in [6, 6.07) is 8.85. The van der Waals surface area contributed by atoms with Gasteiger partial charge in [0.05, 0.1) is 16.3 Å². The highest BCUT2D eigenvalue weighted by atomic mass is 35.5. The van der Waals surface area contributed by atoms with Gasteiger partial charge in [-0.3, -0.25) is 9.78 Å². The monoisotopic (exact) mass is 275 g/mol. The Morgan fingerprint density at radius 2 is 2.16 bits per heavy atom. The molecule has 2 rings (SSSR count). The highest BCUT2D eigenvalue weighted by molar-refractivity contribution is 6.36. The summed E-state index contributed by atoms with van der Waals surface area (Å²) in [6.07, 6.45) is 4.22. The molecule has 0 bridgehead atoms. The zero-order chi connectivity index (χ0) is 13.7. The van der Waals surface area contributed by atoms with Gasteiger partial charge in [-0.15, -0.1) is 0 Å². The maximum Gasteiger partial charge on any atom is 0.252 e. The molecule has 0 radical (unpaired) electrons. The molecule has 0 aliphatic carbocycles. The lowest BCUT2D eigenvalue weighted by atomic mass is 10.1. The average Bonchev–Trinajstić information content (AvgIpc) is 2.43. The van der Waals surface area contributed by atoms with Gasteiger partial charge in [0.25, 0.3) is 5.91 Å². The van der Waals surface area contributed by atoms with Crippen LogP contribution in [0.5, 0.6) is 0 Å². The van der Waals surface area contributed by atoms with Gasteiger partial charge in [-0.1, -0.05) is 23.7 Å². The Labute approximate surface area is 116 Å². The molecule has 3 N–H and O–H groups in total. The normalized spacial score (nSPS) is 10.2. The standard InChI is InChI=1S/C14H14ClN3O/c15-13-11(4-1-5-12(13)16)14(19)18-8-6-10-3-2-7-17-9-10/h1-5,7,9H,6,8,16H2,(H,18,19). The predicted molar refractivity (Wildman–Crippen MR) is 76.1 cm³/mol. The average molecular weight is 276 g/mol. The Balaban J connectivity index is 1.93. The maximum absolute atomic E-state index is 11.9. The fourth-order valence-electron chi connectivity index (χ4n) is 1.69. The topological polar surface area (TPSA) is 68.0 Å². The molecular weight excluding hydrogens is 262 g/mol. The number of rotatable bonds is 4. The number of hydrogen-bond donors (Lipinski definition) is 2. The molecule has 98 valence electrons. The first-order valence-corrected chi connectivity index (χ1v) is 6.27. The van der Waals surface area contributed by atoms with E-state index in [1.165, 1.54) is 0 Å². The van der Waals surface area contributed by atoms with Crippen LogP contribution in [-0.2, 0) is 6.42 Å². The van der Waals surface area contributed by atoms with E-state index < -0.39 is 0 Å². The summed E-state index contributed by atoms with van der Waals surface area (Å²) < 4.78 is 0. The first-order chi connectivity index (χ1) is 9.18. The van der Waals surface area contributed by atoms with Crippen molar-refractivity contribution >= 4 is 23.2 Å². The molecule has 0 unspecified atom stereocenters. The number of halogens is 1. The molecule has 0 aliphatic heterocycles. The number of nitrogens with one attached hydrogen (secondary N) is 1. The number of aromatic nitrogens is 1. The Morgan fingerprint density at radius 3 is 2.89 bits per heavy atom.